The summed E-state index contributed by atoms with van der Waals surface area (Å²) in [5.74, 6) is 0. The maximum Gasteiger partial charge on any atom is 0.134 e. The summed E-state index contributed by atoms with van der Waals surface area (Å²) in [7, 11) is 0. The molecule has 0 fully saturated rings. The third-order valence-electron chi connectivity index (χ3n) is 3.33. The second kappa shape index (κ2) is 6.84. The number of nitrogens with zero attached hydrogens (tertiary/aromatic N) is 3. The van der Waals surface area contributed by atoms with E-state index < -0.39 is 0 Å². The van der Waals surface area contributed by atoms with E-state index >= 15 is 0 Å². The van der Waals surface area contributed by atoms with Crippen molar-refractivity contribution in [1.82, 2.24) is 4.98 Å². The lowest BCUT2D eigenvalue weighted by molar-refractivity contribution is 0.664. The summed E-state index contributed by atoms with van der Waals surface area (Å²) in [6.07, 6.45) is 5.31. The van der Waals surface area contributed by atoms with E-state index in [2.05, 4.69) is 23.4 Å². The van der Waals surface area contributed by atoms with E-state index in [-0.39, 0.29) is 0 Å². The number of thioether (sulfide) groups is 2. The number of hydrogen-bond acceptors (Lipinski definition) is 5. The average Bonchev–Trinajstić information content (AvgIpc) is 2.46. The highest BCUT2D eigenvalue weighted by Gasteiger charge is 2.21. The Morgan fingerprint density at radius 2 is 1.95 bits per heavy atom. The molecule has 19 heavy (non-hydrogen) atoms. The number of rotatable bonds is 4. The van der Waals surface area contributed by atoms with Crippen molar-refractivity contribution < 1.29 is 0 Å². The Balaban J connectivity index is 2.43. The molecule has 0 atom stereocenters. The number of aryl methyl sites for hydroxylation is 1. The van der Waals surface area contributed by atoms with Crippen molar-refractivity contribution in [1.29, 1.82) is 10.5 Å². The first kappa shape index (κ1) is 14.2. The second-order valence-corrected chi connectivity index (χ2v) is 6.46. The van der Waals surface area contributed by atoms with Gasteiger partial charge < -0.3 is 0 Å². The first-order valence-corrected chi connectivity index (χ1v) is 8.37. The van der Waals surface area contributed by atoms with Crippen LogP contribution in [0.15, 0.2) is 5.03 Å². The summed E-state index contributed by atoms with van der Waals surface area (Å²) < 4.78 is 0. The molecule has 0 saturated carbocycles. The molecule has 0 spiro atoms. The Labute approximate surface area is 122 Å². The van der Waals surface area contributed by atoms with Gasteiger partial charge in [-0.2, -0.15) is 10.5 Å². The number of nitriles is 2. The predicted octanol–water partition coefficient (Wildman–Crippen LogP) is 3.66. The predicted molar refractivity (Wildman–Crippen MR) is 78.9 cm³/mol. The van der Waals surface area contributed by atoms with E-state index in [0.29, 0.717) is 5.08 Å². The molecule has 0 bridgehead atoms. The van der Waals surface area contributed by atoms with Gasteiger partial charge in [0.15, 0.2) is 0 Å². The molecular weight excluding hydrogens is 274 g/mol. The zero-order valence-electron chi connectivity index (χ0n) is 10.9. The summed E-state index contributed by atoms with van der Waals surface area (Å²) in [5.41, 5.74) is 4.40. The Hall–Kier alpha value is -1.17. The zero-order chi connectivity index (χ0) is 13.7. The lowest BCUT2D eigenvalue weighted by Gasteiger charge is -2.21. The van der Waals surface area contributed by atoms with Gasteiger partial charge in [-0.05, 0) is 55.0 Å². The number of fused-ring (bicyclic) bond motifs is 1. The summed E-state index contributed by atoms with van der Waals surface area (Å²) in [4.78, 5) is 4.66. The van der Waals surface area contributed by atoms with E-state index in [1.54, 1.807) is 0 Å². The largest absolute Gasteiger partial charge is 0.245 e. The Morgan fingerprint density at radius 3 is 2.58 bits per heavy atom. The number of thiocyanates is 1. The first-order chi connectivity index (χ1) is 9.31. The van der Waals surface area contributed by atoms with Gasteiger partial charge >= 0.3 is 0 Å². The molecule has 3 nitrogen and oxygen atoms in total. The maximum absolute atomic E-state index is 9.42. The molecule has 2 rings (SSSR count). The fourth-order valence-electron chi connectivity index (χ4n) is 2.50. The first-order valence-electron chi connectivity index (χ1n) is 6.40. The minimum Gasteiger partial charge on any atom is -0.245 e. The normalized spacial score (nSPS) is 13.4. The van der Waals surface area contributed by atoms with Crippen molar-refractivity contribution in [2.45, 2.75) is 44.1 Å². The lowest BCUT2D eigenvalue weighted by atomic mass is 9.87. The zero-order valence-corrected chi connectivity index (χ0v) is 12.5. The van der Waals surface area contributed by atoms with Crippen LogP contribution < -0.4 is 0 Å². The van der Waals surface area contributed by atoms with E-state index in [1.165, 1.54) is 41.1 Å². The van der Waals surface area contributed by atoms with Crippen molar-refractivity contribution in [2.24, 2.45) is 0 Å². The topological polar surface area (TPSA) is 60.5 Å². The molecule has 98 valence electrons. The Kier molecular flexibility index (Phi) is 5.13. The van der Waals surface area contributed by atoms with Gasteiger partial charge in [0.05, 0.1) is 10.6 Å². The van der Waals surface area contributed by atoms with Crippen LogP contribution in [-0.2, 0) is 19.3 Å². The van der Waals surface area contributed by atoms with Gasteiger partial charge in [-0.3, -0.25) is 0 Å². The van der Waals surface area contributed by atoms with Crippen LogP contribution in [0.3, 0.4) is 0 Å². The third kappa shape index (κ3) is 3.05. The van der Waals surface area contributed by atoms with Crippen LogP contribution in [-0.4, -0.2) is 10.1 Å². The molecule has 0 N–H and O–H groups in total. The van der Waals surface area contributed by atoms with Gasteiger partial charge in [0, 0.05) is 5.69 Å². The fraction of sp³-hybridized carbons (Fsp3) is 0.500. The molecule has 0 aromatic carbocycles. The summed E-state index contributed by atoms with van der Waals surface area (Å²) >= 11 is 2.70. The van der Waals surface area contributed by atoms with Crippen LogP contribution in [0.25, 0.3) is 0 Å². The molecule has 0 saturated heterocycles. The Bertz CT molecular complexity index is 555. The van der Waals surface area contributed by atoms with Crippen LogP contribution in [0.2, 0.25) is 0 Å². The van der Waals surface area contributed by atoms with Crippen molar-refractivity contribution >= 4 is 23.5 Å². The summed E-state index contributed by atoms with van der Waals surface area (Å²) in [6, 6.07) is 2.33. The molecule has 1 aliphatic carbocycles. The highest BCUT2D eigenvalue weighted by Crippen LogP contribution is 2.33. The molecule has 1 aromatic rings. The molecule has 1 heterocycles. The second-order valence-electron chi connectivity index (χ2n) is 4.37. The van der Waals surface area contributed by atoms with Gasteiger partial charge in [-0.15, -0.1) is 0 Å². The van der Waals surface area contributed by atoms with Crippen LogP contribution >= 0.6 is 23.5 Å². The van der Waals surface area contributed by atoms with Crippen LogP contribution in [0.1, 0.15) is 42.1 Å². The molecule has 0 radical (unpaired) electrons. The minimum absolute atomic E-state index is 0.625. The van der Waals surface area contributed by atoms with Gasteiger partial charge in [-0.25, -0.2) is 4.98 Å². The number of aromatic nitrogens is 1. The van der Waals surface area contributed by atoms with Crippen molar-refractivity contribution in [3.63, 3.8) is 0 Å². The van der Waals surface area contributed by atoms with E-state index in [0.717, 1.165) is 42.0 Å². The van der Waals surface area contributed by atoms with Gasteiger partial charge in [0.1, 0.15) is 16.5 Å². The number of hydrogen-bond donors (Lipinski definition) is 0. The highest BCUT2D eigenvalue weighted by molar-refractivity contribution is 8.18. The molecular formula is C14H15N3S2. The Morgan fingerprint density at radius 1 is 1.21 bits per heavy atom. The molecule has 0 unspecified atom stereocenters. The minimum atomic E-state index is 0.625. The van der Waals surface area contributed by atoms with Crippen molar-refractivity contribution in [3.8, 4) is 11.5 Å². The maximum atomic E-state index is 9.42. The third-order valence-corrected chi connectivity index (χ3v) is 4.97. The molecule has 1 aliphatic rings. The fourth-order valence-corrected chi connectivity index (χ4v) is 3.88. The van der Waals surface area contributed by atoms with Gasteiger partial charge in [-0.1, -0.05) is 18.7 Å². The quantitative estimate of drug-likeness (QED) is 0.366. The standard InChI is InChI=1S/C14H15N3S2/c1-2-13-11-6-4-3-5-10(11)12(7-15)14(17-13)19-9-18-8-16/h2-6,9H2,1H3. The van der Waals surface area contributed by atoms with Crippen molar-refractivity contribution in [3.05, 3.63) is 22.4 Å². The highest BCUT2D eigenvalue weighted by atomic mass is 32.2. The van der Waals surface area contributed by atoms with Crippen LogP contribution in [0.5, 0.6) is 0 Å². The van der Waals surface area contributed by atoms with Crippen molar-refractivity contribution in [2.75, 3.05) is 5.08 Å². The van der Waals surface area contributed by atoms with Crippen LogP contribution in [0, 0.1) is 22.0 Å². The SMILES string of the molecule is CCc1nc(SCSC#N)c(C#N)c2c1CCCC2. The lowest BCUT2D eigenvalue weighted by Crippen LogP contribution is -2.12. The molecule has 1 aromatic heterocycles. The summed E-state index contributed by atoms with van der Waals surface area (Å²) in [5, 5.41) is 21.5. The summed E-state index contributed by atoms with van der Waals surface area (Å²) in [6.45, 7) is 2.11. The van der Waals surface area contributed by atoms with E-state index in [4.69, 9.17) is 5.26 Å². The van der Waals surface area contributed by atoms with Crippen LogP contribution in [0.4, 0.5) is 0 Å². The van der Waals surface area contributed by atoms with Gasteiger partial charge in [0.2, 0.25) is 0 Å². The van der Waals surface area contributed by atoms with E-state index in [1.807, 2.05) is 0 Å². The monoisotopic (exact) mass is 289 g/mol. The number of pyridine rings is 1. The molecule has 0 amide bonds. The smallest absolute Gasteiger partial charge is 0.134 e. The average molecular weight is 289 g/mol. The molecule has 5 heteroatoms. The molecule has 0 aliphatic heterocycles. The van der Waals surface area contributed by atoms with Gasteiger partial charge in [0.25, 0.3) is 0 Å². The van der Waals surface area contributed by atoms with E-state index in [9.17, 15) is 5.26 Å².